The second-order valence-electron chi connectivity index (χ2n) is 5.99. The van der Waals surface area contributed by atoms with Gasteiger partial charge in [0, 0.05) is 36.3 Å². The zero-order valence-electron chi connectivity index (χ0n) is 14.3. The molecule has 0 spiro atoms. The number of carbonyl (C=O) groups excluding carboxylic acids is 1. The second kappa shape index (κ2) is 7.51. The Morgan fingerprint density at radius 3 is 2.78 bits per heavy atom. The maximum absolute atomic E-state index is 12.7. The van der Waals surface area contributed by atoms with Crippen molar-refractivity contribution in [1.29, 1.82) is 0 Å². The van der Waals surface area contributed by atoms with Crippen LogP contribution in [-0.2, 0) is 6.54 Å². The largest absolute Gasteiger partial charge is 0.497 e. The van der Waals surface area contributed by atoms with Crippen LogP contribution in [0.15, 0.2) is 18.2 Å². The molecule has 1 aromatic heterocycles. The minimum atomic E-state index is -0.101. The summed E-state index contributed by atoms with van der Waals surface area (Å²) in [6.45, 7) is 7.39. The fourth-order valence-corrected chi connectivity index (χ4v) is 2.81. The highest BCUT2D eigenvalue weighted by Gasteiger charge is 2.20. The van der Waals surface area contributed by atoms with Crippen LogP contribution < -0.4 is 10.1 Å². The summed E-state index contributed by atoms with van der Waals surface area (Å²) in [6, 6.07) is 5.84. The van der Waals surface area contributed by atoms with Gasteiger partial charge < -0.3 is 19.7 Å². The number of rotatable bonds is 7. The van der Waals surface area contributed by atoms with Crippen LogP contribution in [0.4, 0.5) is 0 Å². The Balaban J connectivity index is 2.47. The maximum Gasteiger partial charge on any atom is 0.253 e. The number of carbonyl (C=O) groups is 1. The molecule has 0 aliphatic carbocycles. The number of aromatic nitrogens is 1. The predicted octanol–water partition coefficient (Wildman–Crippen LogP) is 2.73. The lowest BCUT2D eigenvalue weighted by molar-refractivity contribution is 0.0943. The van der Waals surface area contributed by atoms with E-state index in [2.05, 4.69) is 16.8 Å². The molecule has 2 rings (SSSR count). The normalized spacial score (nSPS) is 12.4. The molecule has 5 nitrogen and oxygen atoms in total. The summed E-state index contributed by atoms with van der Waals surface area (Å²) >= 11 is 0. The molecular formula is C18H26N2O3. The molecule has 1 amide bonds. The van der Waals surface area contributed by atoms with Crippen LogP contribution in [0.5, 0.6) is 5.75 Å². The zero-order valence-corrected chi connectivity index (χ0v) is 14.3. The average molecular weight is 318 g/mol. The van der Waals surface area contributed by atoms with Crippen LogP contribution in [0, 0.1) is 12.8 Å². The first-order valence-corrected chi connectivity index (χ1v) is 8.09. The van der Waals surface area contributed by atoms with Crippen molar-refractivity contribution < 1.29 is 14.6 Å². The number of nitrogens with zero attached hydrogens (tertiary/aromatic N) is 1. The third kappa shape index (κ3) is 3.50. The number of aliphatic hydroxyl groups excluding tert-OH is 1. The van der Waals surface area contributed by atoms with Crippen LogP contribution in [0.25, 0.3) is 10.9 Å². The first-order valence-electron chi connectivity index (χ1n) is 8.09. The Hall–Kier alpha value is -2.01. The van der Waals surface area contributed by atoms with Crippen molar-refractivity contribution in [3.05, 3.63) is 29.5 Å². The number of hydrogen-bond donors (Lipinski definition) is 2. The van der Waals surface area contributed by atoms with Gasteiger partial charge >= 0.3 is 0 Å². The van der Waals surface area contributed by atoms with Crippen molar-refractivity contribution >= 4 is 16.8 Å². The van der Waals surface area contributed by atoms with E-state index in [1.54, 1.807) is 7.11 Å². The molecule has 1 aromatic carbocycles. The third-order valence-corrected chi connectivity index (χ3v) is 4.13. The summed E-state index contributed by atoms with van der Waals surface area (Å²) in [4.78, 5) is 12.7. The molecule has 2 N–H and O–H groups in total. The van der Waals surface area contributed by atoms with E-state index in [-0.39, 0.29) is 18.4 Å². The highest BCUT2D eigenvalue weighted by Crippen LogP contribution is 2.29. The second-order valence-corrected chi connectivity index (χ2v) is 5.99. The fourth-order valence-electron chi connectivity index (χ4n) is 2.81. The summed E-state index contributed by atoms with van der Waals surface area (Å²) in [5.41, 5.74) is 2.70. The molecule has 2 aromatic rings. The highest BCUT2D eigenvalue weighted by atomic mass is 16.5. The Morgan fingerprint density at radius 1 is 1.43 bits per heavy atom. The van der Waals surface area contributed by atoms with E-state index in [9.17, 15) is 4.79 Å². The molecule has 1 heterocycles. The van der Waals surface area contributed by atoms with Crippen LogP contribution in [0.2, 0.25) is 0 Å². The summed E-state index contributed by atoms with van der Waals surface area (Å²) in [7, 11) is 1.62. The van der Waals surface area contributed by atoms with Gasteiger partial charge in [-0.1, -0.05) is 13.8 Å². The minimum absolute atomic E-state index is 0.0396. The van der Waals surface area contributed by atoms with Gasteiger partial charge in [0.2, 0.25) is 0 Å². The summed E-state index contributed by atoms with van der Waals surface area (Å²) < 4.78 is 7.49. The smallest absolute Gasteiger partial charge is 0.253 e. The molecule has 1 atom stereocenters. The molecule has 0 fully saturated rings. The van der Waals surface area contributed by atoms with Gasteiger partial charge in [-0.15, -0.1) is 0 Å². The number of hydrogen-bond acceptors (Lipinski definition) is 3. The van der Waals surface area contributed by atoms with Gasteiger partial charge in [0.25, 0.3) is 5.91 Å². The molecule has 0 saturated heterocycles. The van der Waals surface area contributed by atoms with E-state index in [4.69, 9.17) is 9.84 Å². The molecule has 5 heteroatoms. The van der Waals surface area contributed by atoms with Crippen LogP contribution in [0.3, 0.4) is 0 Å². The Bertz CT molecular complexity index is 691. The third-order valence-electron chi connectivity index (χ3n) is 4.13. The summed E-state index contributed by atoms with van der Waals surface area (Å²) in [6.07, 6.45) is 0.999. The van der Waals surface area contributed by atoms with Gasteiger partial charge in [-0.2, -0.15) is 0 Å². The monoisotopic (exact) mass is 318 g/mol. The topological polar surface area (TPSA) is 63.5 Å². The van der Waals surface area contributed by atoms with Crippen LogP contribution >= 0.6 is 0 Å². The van der Waals surface area contributed by atoms with Crippen LogP contribution in [0.1, 0.15) is 36.3 Å². The van der Waals surface area contributed by atoms with E-state index in [1.165, 1.54) is 0 Å². The van der Waals surface area contributed by atoms with E-state index in [0.717, 1.165) is 35.3 Å². The number of nitrogens with one attached hydrogen (secondary N) is 1. The van der Waals surface area contributed by atoms with Crippen LogP contribution in [-0.4, -0.2) is 35.8 Å². The first kappa shape index (κ1) is 17.3. The van der Waals surface area contributed by atoms with Gasteiger partial charge in [0.15, 0.2) is 0 Å². The lowest BCUT2D eigenvalue weighted by Gasteiger charge is -2.10. The Labute approximate surface area is 137 Å². The summed E-state index contributed by atoms with van der Waals surface area (Å²) in [5, 5.41) is 12.9. The Morgan fingerprint density at radius 2 is 2.17 bits per heavy atom. The first-order chi connectivity index (χ1) is 11.0. The van der Waals surface area contributed by atoms with E-state index >= 15 is 0 Å². The van der Waals surface area contributed by atoms with Gasteiger partial charge in [-0.25, -0.2) is 0 Å². The molecular weight excluding hydrogens is 292 g/mol. The summed E-state index contributed by atoms with van der Waals surface area (Å²) in [5.74, 6) is 0.678. The van der Waals surface area contributed by atoms with Gasteiger partial charge in [-0.05, 0) is 37.5 Å². The van der Waals surface area contributed by atoms with E-state index < -0.39 is 0 Å². The predicted molar refractivity (Wildman–Crippen MR) is 92.1 cm³/mol. The van der Waals surface area contributed by atoms with Crippen molar-refractivity contribution in [2.45, 2.75) is 33.7 Å². The number of benzene rings is 1. The molecule has 23 heavy (non-hydrogen) atoms. The zero-order chi connectivity index (χ0) is 17.0. The van der Waals surface area contributed by atoms with E-state index in [1.807, 2.05) is 32.0 Å². The lowest BCUT2D eigenvalue weighted by atomic mass is 10.1. The number of fused-ring (bicyclic) bond motifs is 1. The quantitative estimate of drug-likeness (QED) is 0.825. The number of aliphatic hydroxyl groups is 1. The maximum atomic E-state index is 12.7. The van der Waals surface area contributed by atoms with Gasteiger partial charge in [-0.3, -0.25) is 4.79 Å². The number of methoxy groups -OCH3 is 1. The molecule has 0 radical (unpaired) electrons. The van der Waals surface area contributed by atoms with Crippen molar-refractivity contribution in [3.8, 4) is 5.75 Å². The number of amides is 1. The molecule has 1 unspecified atom stereocenters. The Kier molecular flexibility index (Phi) is 5.66. The minimum Gasteiger partial charge on any atom is -0.497 e. The van der Waals surface area contributed by atoms with Crippen molar-refractivity contribution in [1.82, 2.24) is 9.88 Å². The lowest BCUT2D eigenvalue weighted by Crippen LogP contribution is -2.30. The SMILES string of the molecule is CCCn1c(C)c(C(=O)NCC(C)CO)c2cc(OC)ccc21. The highest BCUT2D eigenvalue weighted by molar-refractivity contribution is 6.08. The van der Waals surface area contributed by atoms with Crippen molar-refractivity contribution in [3.63, 3.8) is 0 Å². The molecule has 0 aliphatic rings. The standard InChI is InChI=1S/C18H26N2O3/c1-5-8-20-13(3)17(18(22)19-10-12(2)11-21)15-9-14(23-4)6-7-16(15)20/h6-7,9,12,21H,5,8,10-11H2,1-4H3,(H,19,22). The van der Waals surface area contributed by atoms with Gasteiger partial charge in [0.05, 0.1) is 12.7 Å². The van der Waals surface area contributed by atoms with Gasteiger partial charge in [0.1, 0.15) is 5.75 Å². The van der Waals surface area contributed by atoms with Crippen molar-refractivity contribution in [2.75, 3.05) is 20.3 Å². The molecule has 0 aliphatic heterocycles. The van der Waals surface area contributed by atoms with E-state index in [0.29, 0.717) is 12.1 Å². The average Bonchev–Trinajstić information content (AvgIpc) is 2.84. The molecule has 0 bridgehead atoms. The van der Waals surface area contributed by atoms with Crippen molar-refractivity contribution in [2.24, 2.45) is 5.92 Å². The number of ether oxygens (including phenoxy) is 1. The number of aryl methyl sites for hydroxylation is 1. The molecule has 0 saturated carbocycles. The molecule has 126 valence electrons. The fraction of sp³-hybridized carbons (Fsp3) is 0.500.